The second kappa shape index (κ2) is 6.27. The van der Waals surface area contributed by atoms with E-state index < -0.39 is 5.97 Å². The molecule has 1 aliphatic rings. The summed E-state index contributed by atoms with van der Waals surface area (Å²) in [5.74, 6) is -0.951. The molecule has 0 radical (unpaired) electrons. The first-order chi connectivity index (χ1) is 9.49. The molecule has 1 N–H and O–H groups in total. The second-order valence-electron chi connectivity index (χ2n) is 5.21. The Balaban J connectivity index is 2.22. The molecule has 1 fully saturated rings. The van der Waals surface area contributed by atoms with Crippen LogP contribution in [0.3, 0.4) is 0 Å². The van der Waals surface area contributed by atoms with Crippen LogP contribution in [0.1, 0.15) is 41.6 Å². The van der Waals surface area contributed by atoms with Crippen LogP contribution in [-0.2, 0) is 4.79 Å². The third-order valence-electron chi connectivity index (χ3n) is 3.72. The van der Waals surface area contributed by atoms with E-state index in [1.807, 2.05) is 6.92 Å². The van der Waals surface area contributed by atoms with Gasteiger partial charge >= 0.3 is 5.97 Å². The quantitative estimate of drug-likeness (QED) is 0.932. The molecule has 0 aliphatic carbocycles. The van der Waals surface area contributed by atoms with Crippen molar-refractivity contribution < 1.29 is 14.7 Å². The van der Waals surface area contributed by atoms with Crippen molar-refractivity contribution in [2.24, 2.45) is 0 Å². The van der Waals surface area contributed by atoms with Gasteiger partial charge in [-0.3, -0.25) is 9.59 Å². The number of carbonyl (C=O) groups is 2. The van der Waals surface area contributed by atoms with E-state index in [-0.39, 0.29) is 18.4 Å². The smallest absolute Gasteiger partial charge is 0.305 e. The summed E-state index contributed by atoms with van der Waals surface area (Å²) in [6.45, 7) is 2.47. The van der Waals surface area contributed by atoms with Gasteiger partial charge in [-0.05, 0) is 49.9 Å². The topological polar surface area (TPSA) is 57.6 Å². The van der Waals surface area contributed by atoms with Crippen LogP contribution in [0.25, 0.3) is 0 Å². The van der Waals surface area contributed by atoms with Gasteiger partial charge in [0.05, 0.1) is 6.42 Å². The number of hydrogen-bond donors (Lipinski definition) is 1. The van der Waals surface area contributed by atoms with Gasteiger partial charge in [-0.2, -0.15) is 0 Å². The second-order valence-corrected chi connectivity index (χ2v) is 5.64. The summed E-state index contributed by atoms with van der Waals surface area (Å²) in [7, 11) is 0. The maximum absolute atomic E-state index is 12.6. The maximum Gasteiger partial charge on any atom is 0.305 e. The predicted octanol–water partition coefficient (Wildman–Crippen LogP) is 3.12. The highest BCUT2D eigenvalue weighted by Gasteiger charge is 2.29. The number of carbonyl (C=O) groups excluding carboxylic acids is 1. The van der Waals surface area contributed by atoms with Gasteiger partial charge in [0.1, 0.15) is 0 Å². The number of piperidine rings is 1. The highest BCUT2D eigenvalue weighted by Crippen LogP contribution is 2.24. The minimum Gasteiger partial charge on any atom is -0.481 e. The lowest BCUT2D eigenvalue weighted by molar-refractivity contribution is -0.138. The van der Waals surface area contributed by atoms with E-state index in [0.29, 0.717) is 17.1 Å². The van der Waals surface area contributed by atoms with Crippen molar-refractivity contribution in [3.63, 3.8) is 0 Å². The number of aliphatic carboxylic acids is 1. The Labute approximate surface area is 123 Å². The molecule has 0 saturated carbocycles. The largest absolute Gasteiger partial charge is 0.481 e. The summed E-state index contributed by atoms with van der Waals surface area (Å²) in [6, 6.07) is 4.96. The molecule has 0 bridgehead atoms. The van der Waals surface area contributed by atoms with E-state index in [1.54, 1.807) is 23.1 Å². The Morgan fingerprint density at radius 3 is 2.80 bits per heavy atom. The van der Waals surface area contributed by atoms with Crippen LogP contribution in [0.5, 0.6) is 0 Å². The zero-order valence-corrected chi connectivity index (χ0v) is 12.2. The molecule has 1 aromatic rings. The molecular formula is C15H18ClNO3. The highest BCUT2D eigenvalue weighted by molar-refractivity contribution is 6.30. The van der Waals surface area contributed by atoms with Gasteiger partial charge in [0, 0.05) is 23.2 Å². The number of halogens is 1. The van der Waals surface area contributed by atoms with Crippen molar-refractivity contribution in [1.82, 2.24) is 4.90 Å². The predicted molar refractivity (Wildman–Crippen MR) is 77.1 cm³/mol. The molecule has 2 rings (SSSR count). The minimum absolute atomic E-state index is 0.0123. The average molecular weight is 296 g/mol. The van der Waals surface area contributed by atoms with Gasteiger partial charge in [-0.1, -0.05) is 11.6 Å². The Hall–Kier alpha value is -1.55. The standard InChI is InChI=1S/C15H18ClNO3/c1-10-8-11(16)5-6-13(10)15(20)17-7-3-2-4-12(17)9-14(18)19/h5-6,8,12H,2-4,7,9H2,1H3,(H,18,19). The van der Waals surface area contributed by atoms with Gasteiger partial charge in [0.15, 0.2) is 0 Å². The number of carboxylic acid groups (broad SMARTS) is 1. The molecule has 1 saturated heterocycles. The first kappa shape index (κ1) is 14.9. The van der Waals surface area contributed by atoms with Gasteiger partial charge in [0.2, 0.25) is 0 Å². The van der Waals surface area contributed by atoms with Gasteiger partial charge < -0.3 is 10.0 Å². The molecule has 1 atom stereocenters. The fourth-order valence-corrected chi connectivity index (χ4v) is 2.93. The Morgan fingerprint density at radius 1 is 1.40 bits per heavy atom. The van der Waals surface area contributed by atoms with E-state index in [9.17, 15) is 9.59 Å². The first-order valence-corrected chi connectivity index (χ1v) is 7.15. The molecule has 5 heteroatoms. The van der Waals surface area contributed by atoms with Gasteiger partial charge in [-0.25, -0.2) is 0 Å². The lowest BCUT2D eigenvalue weighted by Crippen LogP contribution is -2.45. The molecule has 1 heterocycles. The Morgan fingerprint density at radius 2 is 2.15 bits per heavy atom. The molecule has 1 aromatic carbocycles. The first-order valence-electron chi connectivity index (χ1n) is 6.78. The van der Waals surface area contributed by atoms with E-state index in [2.05, 4.69) is 0 Å². The molecule has 1 unspecified atom stereocenters. The SMILES string of the molecule is Cc1cc(Cl)ccc1C(=O)N1CCCCC1CC(=O)O. The Kier molecular flexibility index (Phi) is 4.65. The van der Waals surface area contributed by atoms with Crippen molar-refractivity contribution in [2.45, 2.75) is 38.6 Å². The van der Waals surface area contributed by atoms with Crippen LogP contribution in [0, 0.1) is 6.92 Å². The normalized spacial score (nSPS) is 18.9. The lowest BCUT2D eigenvalue weighted by atomic mass is 9.97. The maximum atomic E-state index is 12.6. The fraction of sp³-hybridized carbons (Fsp3) is 0.467. The third-order valence-corrected chi connectivity index (χ3v) is 3.95. The molecule has 20 heavy (non-hydrogen) atoms. The van der Waals surface area contributed by atoms with Crippen LogP contribution >= 0.6 is 11.6 Å². The average Bonchev–Trinajstić information content (AvgIpc) is 2.38. The van der Waals surface area contributed by atoms with Crippen LogP contribution < -0.4 is 0 Å². The zero-order valence-electron chi connectivity index (χ0n) is 11.4. The van der Waals surface area contributed by atoms with Crippen LogP contribution in [0.15, 0.2) is 18.2 Å². The van der Waals surface area contributed by atoms with Crippen molar-refractivity contribution in [1.29, 1.82) is 0 Å². The molecule has 1 aliphatic heterocycles. The van der Waals surface area contributed by atoms with Crippen molar-refractivity contribution >= 4 is 23.5 Å². The summed E-state index contributed by atoms with van der Waals surface area (Å²) in [4.78, 5) is 25.2. The zero-order chi connectivity index (χ0) is 14.7. The van der Waals surface area contributed by atoms with E-state index in [0.717, 1.165) is 24.8 Å². The van der Waals surface area contributed by atoms with Crippen molar-refractivity contribution in [3.05, 3.63) is 34.3 Å². The lowest BCUT2D eigenvalue weighted by Gasteiger charge is -2.35. The monoisotopic (exact) mass is 295 g/mol. The van der Waals surface area contributed by atoms with Crippen LogP contribution in [0.4, 0.5) is 0 Å². The van der Waals surface area contributed by atoms with E-state index in [1.165, 1.54) is 0 Å². The van der Waals surface area contributed by atoms with Crippen LogP contribution in [-0.4, -0.2) is 34.5 Å². The molecule has 0 aromatic heterocycles. The summed E-state index contributed by atoms with van der Waals surface area (Å²) < 4.78 is 0. The summed E-state index contributed by atoms with van der Waals surface area (Å²) >= 11 is 5.90. The summed E-state index contributed by atoms with van der Waals surface area (Å²) in [6.07, 6.45) is 2.67. The number of carboxylic acids is 1. The van der Waals surface area contributed by atoms with Crippen molar-refractivity contribution in [3.8, 4) is 0 Å². The number of rotatable bonds is 3. The molecule has 0 spiro atoms. The number of hydrogen-bond acceptors (Lipinski definition) is 2. The molecule has 108 valence electrons. The number of likely N-dealkylation sites (tertiary alicyclic amines) is 1. The molecule has 4 nitrogen and oxygen atoms in total. The number of amides is 1. The number of aryl methyl sites for hydroxylation is 1. The van der Waals surface area contributed by atoms with Gasteiger partial charge in [-0.15, -0.1) is 0 Å². The number of nitrogens with zero attached hydrogens (tertiary/aromatic N) is 1. The number of benzene rings is 1. The fourth-order valence-electron chi connectivity index (χ4n) is 2.70. The van der Waals surface area contributed by atoms with E-state index >= 15 is 0 Å². The van der Waals surface area contributed by atoms with E-state index in [4.69, 9.17) is 16.7 Å². The molecule has 1 amide bonds. The third kappa shape index (κ3) is 3.31. The van der Waals surface area contributed by atoms with Crippen LogP contribution in [0.2, 0.25) is 5.02 Å². The highest BCUT2D eigenvalue weighted by atomic mass is 35.5. The minimum atomic E-state index is -0.859. The van der Waals surface area contributed by atoms with Crippen molar-refractivity contribution in [2.75, 3.05) is 6.54 Å². The Bertz CT molecular complexity index is 530. The van der Waals surface area contributed by atoms with Gasteiger partial charge in [0.25, 0.3) is 5.91 Å². The molecular weight excluding hydrogens is 278 g/mol. The summed E-state index contributed by atoms with van der Waals surface area (Å²) in [5.41, 5.74) is 1.42. The summed E-state index contributed by atoms with van der Waals surface area (Å²) in [5, 5.41) is 9.57.